The minimum Gasteiger partial charge on any atom is -0.358 e. The molecule has 1 aliphatic carbocycles. The molecule has 25 heavy (non-hydrogen) atoms. The van der Waals surface area contributed by atoms with Gasteiger partial charge in [0.25, 0.3) is 0 Å². The first-order valence-corrected chi connectivity index (χ1v) is 9.52. The fourth-order valence-corrected chi connectivity index (χ4v) is 4.25. The highest BCUT2D eigenvalue weighted by Crippen LogP contribution is 2.30. The van der Waals surface area contributed by atoms with Gasteiger partial charge in [-0.15, -0.1) is 0 Å². The second-order valence-corrected chi connectivity index (χ2v) is 7.50. The lowest BCUT2D eigenvalue weighted by molar-refractivity contribution is 0.174. The van der Waals surface area contributed by atoms with Gasteiger partial charge in [-0.2, -0.15) is 0 Å². The van der Waals surface area contributed by atoms with Crippen LogP contribution >= 0.6 is 0 Å². The van der Waals surface area contributed by atoms with Crippen molar-refractivity contribution in [2.24, 2.45) is 0 Å². The van der Waals surface area contributed by atoms with Gasteiger partial charge in [-0.1, -0.05) is 19.3 Å². The van der Waals surface area contributed by atoms with Crippen molar-refractivity contribution in [1.29, 1.82) is 0 Å². The van der Waals surface area contributed by atoms with Crippen LogP contribution in [0.2, 0.25) is 0 Å². The van der Waals surface area contributed by atoms with E-state index in [2.05, 4.69) is 16.4 Å². The lowest BCUT2D eigenvalue weighted by Crippen LogP contribution is -2.48. The number of H-pyrrole nitrogens is 1. The van der Waals surface area contributed by atoms with Gasteiger partial charge in [0.05, 0.1) is 0 Å². The summed E-state index contributed by atoms with van der Waals surface area (Å²) < 4.78 is 13.4. The number of carbonyl (C=O) groups excluding carboxylic acids is 1. The average molecular weight is 343 g/mol. The van der Waals surface area contributed by atoms with Crippen LogP contribution in [0.15, 0.2) is 24.3 Å². The first-order chi connectivity index (χ1) is 12.2. The number of nitrogens with one attached hydrogen (secondary N) is 2. The predicted molar refractivity (Wildman–Crippen MR) is 97.2 cm³/mol. The number of piperidine rings is 1. The van der Waals surface area contributed by atoms with E-state index in [-0.39, 0.29) is 11.8 Å². The lowest BCUT2D eigenvalue weighted by Gasteiger charge is -2.33. The maximum absolute atomic E-state index is 13.4. The number of nitrogens with zero attached hydrogens (tertiary/aromatic N) is 1. The number of benzene rings is 1. The van der Waals surface area contributed by atoms with Crippen LogP contribution in [0, 0.1) is 5.82 Å². The van der Waals surface area contributed by atoms with E-state index in [1.54, 1.807) is 12.1 Å². The predicted octanol–water partition coefficient (Wildman–Crippen LogP) is 4.53. The van der Waals surface area contributed by atoms with Crippen molar-refractivity contribution in [2.45, 2.75) is 56.9 Å². The molecule has 2 aromatic rings. The first kappa shape index (κ1) is 16.4. The molecule has 5 heteroatoms. The van der Waals surface area contributed by atoms with Crippen LogP contribution in [0.25, 0.3) is 10.9 Å². The molecular weight excluding hydrogens is 317 g/mol. The van der Waals surface area contributed by atoms with Gasteiger partial charge in [0.15, 0.2) is 0 Å². The van der Waals surface area contributed by atoms with Crippen LogP contribution in [-0.4, -0.2) is 35.0 Å². The Bertz CT molecular complexity index is 742. The summed E-state index contributed by atoms with van der Waals surface area (Å²) in [5.74, 6) is 0.210. The number of carbonyl (C=O) groups is 1. The molecule has 2 heterocycles. The number of hydrogen-bond acceptors (Lipinski definition) is 1. The third-order valence-electron chi connectivity index (χ3n) is 5.76. The van der Waals surface area contributed by atoms with E-state index in [0.29, 0.717) is 12.0 Å². The average Bonchev–Trinajstić information content (AvgIpc) is 3.06. The van der Waals surface area contributed by atoms with Gasteiger partial charge in [0.1, 0.15) is 5.82 Å². The number of aromatic nitrogens is 1. The van der Waals surface area contributed by atoms with E-state index >= 15 is 0 Å². The van der Waals surface area contributed by atoms with Gasteiger partial charge in [-0.25, -0.2) is 9.18 Å². The molecule has 2 fully saturated rings. The highest BCUT2D eigenvalue weighted by Gasteiger charge is 2.26. The molecule has 4 nitrogen and oxygen atoms in total. The molecule has 0 radical (unpaired) electrons. The number of urea groups is 1. The molecule has 1 aromatic carbocycles. The number of aromatic amines is 1. The Morgan fingerprint density at radius 3 is 2.60 bits per heavy atom. The number of amides is 2. The van der Waals surface area contributed by atoms with Crippen LogP contribution in [-0.2, 0) is 0 Å². The second kappa shape index (κ2) is 7.06. The van der Waals surface area contributed by atoms with Gasteiger partial charge >= 0.3 is 6.03 Å². The summed E-state index contributed by atoms with van der Waals surface area (Å²) in [7, 11) is 0. The Labute approximate surface area is 147 Å². The molecular formula is C20H26FN3O. The van der Waals surface area contributed by atoms with E-state index in [9.17, 15) is 9.18 Å². The van der Waals surface area contributed by atoms with Crippen molar-refractivity contribution in [2.75, 3.05) is 13.1 Å². The van der Waals surface area contributed by atoms with E-state index in [1.807, 2.05) is 4.90 Å². The zero-order valence-corrected chi connectivity index (χ0v) is 14.6. The summed E-state index contributed by atoms with van der Waals surface area (Å²) in [5, 5.41) is 4.13. The van der Waals surface area contributed by atoms with Crippen molar-refractivity contribution in [3.05, 3.63) is 35.8 Å². The maximum atomic E-state index is 13.4. The van der Waals surface area contributed by atoms with Gasteiger partial charge in [0, 0.05) is 41.6 Å². The fourth-order valence-electron chi connectivity index (χ4n) is 4.25. The number of halogens is 1. The third kappa shape index (κ3) is 3.65. The van der Waals surface area contributed by atoms with Crippen LogP contribution < -0.4 is 5.32 Å². The molecule has 1 aromatic heterocycles. The topological polar surface area (TPSA) is 48.1 Å². The Morgan fingerprint density at radius 1 is 1.08 bits per heavy atom. The Hall–Kier alpha value is -2.04. The van der Waals surface area contributed by atoms with Crippen molar-refractivity contribution >= 4 is 16.9 Å². The molecule has 1 aliphatic heterocycles. The molecule has 134 valence electrons. The molecule has 1 saturated heterocycles. The Morgan fingerprint density at radius 2 is 1.84 bits per heavy atom. The SMILES string of the molecule is O=C(NC1CCCCC1)N1CCC(c2cc3cc(F)ccc3[nH]2)CC1. The van der Waals surface area contributed by atoms with Gasteiger partial charge < -0.3 is 15.2 Å². The lowest BCUT2D eigenvalue weighted by atomic mass is 9.93. The van der Waals surface area contributed by atoms with Crippen molar-refractivity contribution in [1.82, 2.24) is 15.2 Å². The summed E-state index contributed by atoms with van der Waals surface area (Å²) >= 11 is 0. The van der Waals surface area contributed by atoms with E-state index in [1.165, 1.54) is 25.3 Å². The molecule has 2 amide bonds. The number of likely N-dealkylation sites (tertiary alicyclic amines) is 1. The second-order valence-electron chi connectivity index (χ2n) is 7.50. The van der Waals surface area contributed by atoms with E-state index < -0.39 is 0 Å². The van der Waals surface area contributed by atoms with Crippen molar-refractivity contribution in [3.63, 3.8) is 0 Å². The zero-order valence-electron chi connectivity index (χ0n) is 14.6. The van der Waals surface area contributed by atoms with Crippen LogP contribution in [0.5, 0.6) is 0 Å². The Balaban J connectivity index is 1.34. The molecule has 1 saturated carbocycles. The van der Waals surface area contributed by atoms with Crippen molar-refractivity contribution < 1.29 is 9.18 Å². The van der Waals surface area contributed by atoms with Crippen LogP contribution in [0.4, 0.5) is 9.18 Å². The fraction of sp³-hybridized carbons (Fsp3) is 0.550. The standard InChI is InChI=1S/C20H26FN3O/c21-16-6-7-18-15(12-16)13-19(23-18)14-8-10-24(11-9-14)20(25)22-17-4-2-1-3-5-17/h6-7,12-14,17,23H,1-5,8-11H2,(H,22,25). The largest absolute Gasteiger partial charge is 0.358 e. The Kier molecular flexibility index (Phi) is 4.64. The van der Waals surface area contributed by atoms with Gasteiger partial charge in [-0.3, -0.25) is 0 Å². The molecule has 2 N–H and O–H groups in total. The molecule has 0 bridgehead atoms. The summed E-state index contributed by atoms with van der Waals surface area (Å²) in [6.45, 7) is 1.57. The quantitative estimate of drug-likeness (QED) is 0.827. The van der Waals surface area contributed by atoms with Gasteiger partial charge in [0.2, 0.25) is 0 Å². The number of rotatable bonds is 2. The van der Waals surface area contributed by atoms with Crippen molar-refractivity contribution in [3.8, 4) is 0 Å². The molecule has 0 spiro atoms. The monoisotopic (exact) mass is 343 g/mol. The summed E-state index contributed by atoms with van der Waals surface area (Å²) in [5.41, 5.74) is 2.14. The summed E-state index contributed by atoms with van der Waals surface area (Å²) in [6, 6.07) is 7.37. The van der Waals surface area contributed by atoms with E-state index in [0.717, 1.165) is 55.4 Å². The number of fused-ring (bicyclic) bond motifs is 1. The van der Waals surface area contributed by atoms with E-state index in [4.69, 9.17) is 0 Å². The summed E-state index contributed by atoms with van der Waals surface area (Å²) in [6.07, 6.45) is 7.90. The summed E-state index contributed by atoms with van der Waals surface area (Å²) in [4.78, 5) is 17.8. The highest BCUT2D eigenvalue weighted by atomic mass is 19.1. The minimum atomic E-state index is -0.202. The van der Waals surface area contributed by atoms with Crippen LogP contribution in [0.3, 0.4) is 0 Å². The van der Waals surface area contributed by atoms with Gasteiger partial charge in [-0.05, 0) is 49.9 Å². The molecule has 0 unspecified atom stereocenters. The zero-order chi connectivity index (χ0) is 17.2. The molecule has 2 aliphatic rings. The first-order valence-electron chi connectivity index (χ1n) is 9.52. The third-order valence-corrected chi connectivity index (χ3v) is 5.76. The maximum Gasteiger partial charge on any atom is 0.317 e. The molecule has 0 atom stereocenters. The smallest absolute Gasteiger partial charge is 0.317 e. The normalized spacial score (nSPS) is 20.1. The highest BCUT2D eigenvalue weighted by molar-refractivity contribution is 5.80. The molecule has 4 rings (SSSR count). The minimum absolute atomic E-state index is 0.101. The number of hydrogen-bond donors (Lipinski definition) is 2. The van der Waals surface area contributed by atoms with Crippen LogP contribution in [0.1, 0.15) is 56.6 Å².